The molecule has 0 unspecified atom stereocenters. The summed E-state index contributed by atoms with van der Waals surface area (Å²) in [4.78, 5) is 38.2. The van der Waals surface area contributed by atoms with E-state index in [1.54, 1.807) is 36.4 Å². The van der Waals surface area contributed by atoms with Crippen molar-refractivity contribution in [2.45, 2.75) is 18.2 Å². The van der Waals surface area contributed by atoms with E-state index in [0.717, 1.165) is 4.90 Å². The number of hydroxylamine groups is 1. The fourth-order valence-corrected chi connectivity index (χ4v) is 3.78. The molecule has 2 aromatic carbocycles. The molecule has 0 radical (unpaired) electrons. The molecule has 9 nitrogen and oxygen atoms in total. The molecular weight excluding hydrogens is 446 g/mol. The van der Waals surface area contributed by atoms with E-state index in [0.29, 0.717) is 16.7 Å². The molecule has 2 aromatic rings. The highest BCUT2D eigenvalue weighted by Crippen LogP contribution is 2.18. The molecule has 10 heteroatoms. The Morgan fingerprint density at radius 1 is 0.970 bits per heavy atom. The van der Waals surface area contributed by atoms with Crippen molar-refractivity contribution in [2.75, 3.05) is 20.4 Å². The third-order valence-corrected chi connectivity index (χ3v) is 5.91. The van der Waals surface area contributed by atoms with Crippen LogP contribution in [0.5, 0.6) is 0 Å². The quantitative estimate of drug-likeness (QED) is 0.246. The first-order valence-corrected chi connectivity index (χ1v) is 11.8. The van der Waals surface area contributed by atoms with E-state index in [-0.39, 0.29) is 11.3 Å². The molecular formula is C23H25N3O6S. The van der Waals surface area contributed by atoms with Crippen LogP contribution in [0.4, 0.5) is 0 Å². The van der Waals surface area contributed by atoms with E-state index in [9.17, 15) is 22.8 Å². The predicted molar refractivity (Wildman–Crippen MR) is 122 cm³/mol. The van der Waals surface area contributed by atoms with E-state index >= 15 is 0 Å². The van der Waals surface area contributed by atoms with Crippen molar-refractivity contribution in [1.82, 2.24) is 15.7 Å². The van der Waals surface area contributed by atoms with Crippen molar-refractivity contribution in [3.05, 3.63) is 70.8 Å². The summed E-state index contributed by atoms with van der Waals surface area (Å²) in [5, 5.41) is 11.3. The number of amides is 3. The second-order valence-corrected chi connectivity index (χ2v) is 9.69. The van der Waals surface area contributed by atoms with Crippen LogP contribution in [-0.4, -0.2) is 62.1 Å². The highest BCUT2D eigenvalue weighted by Gasteiger charge is 2.47. The van der Waals surface area contributed by atoms with Gasteiger partial charge in [-0.3, -0.25) is 19.6 Å². The second kappa shape index (κ2) is 10.3. The van der Waals surface area contributed by atoms with Gasteiger partial charge in [0.05, 0.1) is 5.75 Å². The maximum atomic E-state index is 12.9. The zero-order chi connectivity index (χ0) is 24.8. The minimum Gasteiger partial charge on any atom is -0.357 e. The topological polar surface area (TPSA) is 133 Å². The first-order chi connectivity index (χ1) is 15.4. The Labute approximate surface area is 192 Å². The van der Waals surface area contributed by atoms with Gasteiger partial charge in [0.1, 0.15) is 0 Å². The van der Waals surface area contributed by atoms with Crippen molar-refractivity contribution in [3.8, 4) is 11.8 Å². The van der Waals surface area contributed by atoms with Gasteiger partial charge in [-0.05, 0) is 48.9 Å². The summed E-state index contributed by atoms with van der Waals surface area (Å²) < 4.78 is 22.7. The number of hydrogen-bond donors (Lipinski definition) is 3. The zero-order valence-corrected chi connectivity index (χ0v) is 19.5. The molecule has 1 atom stereocenters. The Kier molecular flexibility index (Phi) is 7.98. The third kappa shape index (κ3) is 6.19. The van der Waals surface area contributed by atoms with Crippen molar-refractivity contribution >= 4 is 27.6 Å². The Balaban J connectivity index is 2.19. The first-order valence-electron chi connectivity index (χ1n) is 9.76. The molecule has 0 aliphatic carbocycles. The van der Waals surface area contributed by atoms with Gasteiger partial charge in [-0.2, -0.15) is 0 Å². The van der Waals surface area contributed by atoms with Crippen LogP contribution >= 0.6 is 0 Å². The number of nitrogens with zero attached hydrogens (tertiary/aromatic N) is 1. The fraction of sp³-hybridized carbons (Fsp3) is 0.261. The highest BCUT2D eigenvalue weighted by molar-refractivity contribution is 7.89. The van der Waals surface area contributed by atoms with Crippen molar-refractivity contribution in [3.63, 3.8) is 0 Å². The van der Waals surface area contributed by atoms with Crippen LogP contribution in [-0.2, 0) is 25.2 Å². The Bertz CT molecular complexity index is 1190. The van der Waals surface area contributed by atoms with Gasteiger partial charge >= 0.3 is 0 Å². The van der Waals surface area contributed by atoms with E-state index < -0.39 is 33.1 Å². The van der Waals surface area contributed by atoms with E-state index in [1.165, 1.54) is 44.9 Å². The lowest BCUT2D eigenvalue weighted by Gasteiger charge is -2.34. The van der Waals surface area contributed by atoms with Crippen molar-refractivity contribution < 1.29 is 28.0 Å². The van der Waals surface area contributed by atoms with Gasteiger partial charge in [-0.25, -0.2) is 13.9 Å². The molecule has 0 saturated carbocycles. The summed E-state index contributed by atoms with van der Waals surface area (Å²) >= 11 is 0. The average Bonchev–Trinajstić information content (AvgIpc) is 2.80. The lowest BCUT2D eigenvalue weighted by Crippen LogP contribution is -2.64. The summed E-state index contributed by atoms with van der Waals surface area (Å²) in [5.74, 6) is 3.45. The largest absolute Gasteiger partial charge is 0.357 e. The van der Waals surface area contributed by atoms with Crippen molar-refractivity contribution in [1.29, 1.82) is 0 Å². The van der Waals surface area contributed by atoms with Gasteiger partial charge in [0.25, 0.3) is 17.7 Å². The summed E-state index contributed by atoms with van der Waals surface area (Å²) in [7, 11) is -0.507. The van der Waals surface area contributed by atoms with Crippen LogP contribution in [0, 0.1) is 11.8 Å². The SMILES string of the molecule is CNC(=O)[C@@](C)(C(=O)NO)N(C)C(=O)c1ccc(C#Cc2ccc(CS(C)(=O)=O)cc2)cc1. The van der Waals surface area contributed by atoms with Crippen LogP contribution in [0.2, 0.25) is 0 Å². The van der Waals surface area contributed by atoms with E-state index in [1.807, 2.05) is 0 Å². The molecule has 0 aliphatic heterocycles. The van der Waals surface area contributed by atoms with Crippen LogP contribution in [0.1, 0.15) is 34.0 Å². The minimum absolute atomic E-state index is 0.0381. The number of carbonyl (C=O) groups is 3. The molecule has 33 heavy (non-hydrogen) atoms. The zero-order valence-electron chi connectivity index (χ0n) is 18.7. The molecule has 0 bridgehead atoms. The summed E-state index contributed by atoms with van der Waals surface area (Å²) in [6.07, 6.45) is 1.17. The normalized spacial score (nSPS) is 12.5. The Morgan fingerprint density at radius 2 is 1.45 bits per heavy atom. The number of carbonyl (C=O) groups excluding carboxylic acids is 3. The Hall–Kier alpha value is -3.68. The van der Waals surface area contributed by atoms with Crippen LogP contribution in [0.15, 0.2) is 48.5 Å². The lowest BCUT2D eigenvalue weighted by molar-refractivity contribution is -0.148. The smallest absolute Gasteiger partial charge is 0.278 e. The van der Waals surface area contributed by atoms with Gasteiger partial charge in [0, 0.05) is 37.0 Å². The predicted octanol–water partition coefficient (Wildman–Crippen LogP) is 0.713. The fourth-order valence-electron chi connectivity index (χ4n) is 2.98. The molecule has 0 saturated heterocycles. The Morgan fingerprint density at radius 3 is 1.88 bits per heavy atom. The van der Waals surface area contributed by atoms with Crippen LogP contribution in [0.25, 0.3) is 0 Å². The second-order valence-electron chi connectivity index (χ2n) is 7.55. The van der Waals surface area contributed by atoms with Gasteiger partial charge in [-0.1, -0.05) is 24.0 Å². The number of benzene rings is 2. The average molecular weight is 472 g/mol. The molecule has 0 fully saturated rings. The first kappa shape index (κ1) is 25.6. The number of nitrogens with one attached hydrogen (secondary N) is 2. The molecule has 3 N–H and O–H groups in total. The molecule has 0 aromatic heterocycles. The van der Waals surface area contributed by atoms with Crippen molar-refractivity contribution in [2.24, 2.45) is 0 Å². The minimum atomic E-state index is -3.11. The summed E-state index contributed by atoms with van der Waals surface area (Å²) in [6, 6.07) is 13.1. The monoisotopic (exact) mass is 471 g/mol. The van der Waals surface area contributed by atoms with Crippen LogP contribution < -0.4 is 10.8 Å². The lowest BCUT2D eigenvalue weighted by atomic mass is 9.96. The highest BCUT2D eigenvalue weighted by atomic mass is 32.2. The molecule has 174 valence electrons. The molecule has 0 heterocycles. The molecule has 3 amide bonds. The number of hydrogen-bond acceptors (Lipinski definition) is 6. The number of sulfone groups is 1. The van der Waals surface area contributed by atoms with Gasteiger partial charge < -0.3 is 10.2 Å². The van der Waals surface area contributed by atoms with Gasteiger partial charge in [0.15, 0.2) is 15.4 Å². The van der Waals surface area contributed by atoms with E-state index in [4.69, 9.17) is 5.21 Å². The number of likely N-dealkylation sites (N-methyl/N-ethyl adjacent to an activating group) is 2. The summed E-state index contributed by atoms with van der Waals surface area (Å²) in [5.41, 5.74) is 1.66. The van der Waals surface area contributed by atoms with Crippen LogP contribution in [0.3, 0.4) is 0 Å². The van der Waals surface area contributed by atoms with Gasteiger partial charge in [0.2, 0.25) is 0 Å². The molecule has 0 spiro atoms. The maximum absolute atomic E-state index is 12.9. The standard InChI is InChI=1S/C23H25N3O6S/c1-23(21(28)24-2,22(29)25-30)26(3)20(27)19-13-11-17(12-14-19)6-5-16-7-9-18(10-8-16)15-33(4,31)32/h7-14,30H,15H2,1-4H3,(H,24,28)(H,25,29)/t23-/m0/s1. The molecule has 0 aliphatic rings. The van der Waals surface area contributed by atoms with E-state index in [2.05, 4.69) is 17.2 Å². The number of rotatable bonds is 6. The third-order valence-electron chi connectivity index (χ3n) is 5.05. The molecule has 2 rings (SSSR count). The summed E-state index contributed by atoms with van der Waals surface area (Å²) in [6.45, 7) is 1.22. The maximum Gasteiger partial charge on any atom is 0.278 e. The van der Waals surface area contributed by atoms with Gasteiger partial charge in [-0.15, -0.1) is 0 Å².